The second kappa shape index (κ2) is 7.43. The molecule has 2 aliphatic rings. The number of carbonyl (C=O) groups is 3. The zero-order chi connectivity index (χ0) is 19.7. The van der Waals surface area contributed by atoms with Crippen molar-refractivity contribution in [3.63, 3.8) is 0 Å². The van der Waals surface area contributed by atoms with E-state index in [2.05, 4.69) is 10.6 Å². The highest BCUT2D eigenvalue weighted by molar-refractivity contribution is 6.09. The van der Waals surface area contributed by atoms with E-state index in [1.165, 1.54) is 0 Å². The van der Waals surface area contributed by atoms with Crippen molar-refractivity contribution in [3.8, 4) is 0 Å². The maximum absolute atomic E-state index is 13.0. The second-order valence-electron chi connectivity index (χ2n) is 7.49. The zero-order valence-corrected chi connectivity index (χ0v) is 15.7. The van der Waals surface area contributed by atoms with E-state index < -0.39 is 5.92 Å². The van der Waals surface area contributed by atoms with E-state index >= 15 is 0 Å². The third kappa shape index (κ3) is 3.60. The maximum Gasteiger partial charge on any atom is 0.232 e. The summed E-state index contributed by atoms with van der Waals surface area (Å²) in [4.78, 5) is 38.1. The van der Waals surface area contributed by atoms with Gasteiger partial charge in [-0.25, -0.2) is 0 Å². The van der Waals surface area contributed by atoms with Crippen LogP contribution in [0, 0.1) is 12.8 Å². The minimum atomic E-state index is -0.742. The summed E-state index contributed by atoms with van der Waals surface area (Å²) < 4.78 is 0. The largest absolute Gasteiger partial charge is 0.329 e. The first kappa shape index (κ1) is 18.2. The van der Waals surface area contributed by atoms with Crippen molar-refractivity contribution >= 4 is 23.3 Å². The predicted octanol–water partition coefficient (Wildman–Crippen LogP) is 3.47. The SMILES string of the molecule is Cc1cccc(NC(=O)[C@H]2CC(=O)NC3=C2C(=O)C[C@@H](c2ccccc2)C3)c1. The molecule has 0 saturated carbocycles. The molecule has 0 aromatic heterocycles. The summed E-state index contributed by atoms with van der Waals surface area (Å²) in [5.74, 6) is -1.30. The molecule has 1 aliphatic carbocycles. The van der Waals surface area contributed by atoms with Crippen LogP contribution >= 0.6 is 0 Å². The Morgan fingerprint density at radius 2 is 1.79 bits per heavy atom. The minimum absolute atomic E-state index is 0.00176. The number of carbonyl (C=O) groups excluding carboxylic acids is 3. The summed E-state index contributed by atoms with van der Waals surface area (Å²) in [6.45, 7) is 1.94. The molecule has 4 rings (SSSR count). The number of nitrogens with one attached hydrogen (secondary N) is 2. The predicted molar refractivity (Wildman–Crippen MR) is 107 cm³/mol. The first-order chi connectivity index (χ1) is 13.5. The topological polar surface area (TPSA) is 75.3 Å². The Labute approximate surface area is 163 Å². The third-order valence-electron chi connectivity index (χ3n) is 5.41. The van der Waals surface area contributed by atoms with Crippen molar-refractivity contribution in [1.29, 1.82) is 0 Å². The molecule has 1 aliphatic heterocycles. The summed E-state index contributed by atoms with van der Waals surface area (Å²) in [7, 11) is 0. The molecule has 0 bridgehead atoms. The van der Waals surface area contributed by atoms with Gasteiger partial charge >= 0.3 is 0 Å². The fraction of sp³-hybridized carbons (Fsp3) is 0.261. The first-order valence-corrected chi connectivity index (χ1v) is 9.50. The molecule has 2 aromatic carbocycles. The minimum Gasteiger partial charge on any atom is -0.329 e. The van der Waals surface area contributed by atoms with Crippen LogP contribution < -0.4 is 10.6 Å². The molecule has 2 N–H and O–H groups in total. The lowest BCUT2D eigenvalue weighted by molar-refractivity contribution is -0.129. The molecule has 2 amide bonds. The number of Topliss-reactive ketones (excluding diaryl/α,β-unsaturated/α-hetero) is 1. The van der Waals surface area contributed by atoms with Crippen LogP contribution in [-0.4, -0.2) is 17.6 Å². The number of aryl methyl sites for hydroxylation is 1. The second-order valence-corrected chi connectivity index (χ2v) is 7.49. The lowest BCUT2D eigenvalue weighted by Crippen LogP contribution is -2.43. The average molecular weight is 374 g/mol. The van der Waals surface area contributed by atoms with Crippen molar-refractivity contribution < 1.29 is 14.4 Å². The van der Waals surface area contributed by atoms with Gasteiger partial charge in [-0.1, -0.05) is 42.5 Å². The number of hydrogen-bond donors (Lipinski definition) is 2. The Kier molecular flexibility index (Phi) is 4.82. The lowest BCUT2D eigenvalue weighted by atomic mass is 9.75. The highest BCUT2D eigenvalue weighted by Gasteiger charge is 2.40. The van der Waals surface area contributed by atoms with Crippen LogP contribution in [0.4, 0.5) is 5.69 Å². The van der Waals surface area contributed by atoms with E-state index in [9.17, 15) is 14.4 Å². The molecule has 0 unspecified atom stereocenters. The molecule has 5 nitrogen and oxygen atoms in total. The molecule has 142 valence electrons. The number of benzene rings is 2. The molecular weight excluding hydrogens is 352 g/mol. The van der Waals surface area contributed by atoms with Gasteiger partial charge in [-0.15, -0.1) is 0 Å². The van der Waals surface area contributed by atoms with Crippen LogP contribution in [-0.2, 0) is 14.4 Å². The third-order valence-corrected chi connectivity index (χ3v) is 5.41. The van der Waals surface area contributed by atoms with Crippen LogP contribution in [0.1, 0.15) is 36.3 Å². The number of rotatable bonds is 3. The van der Waals surface area contributed by atoms with Crippen LogP contribution in [0.25, 0.3) is 0 Å². The van der Waals surface area contributed by atoms with Gasteiger partial charge in [0.15, 0.2) is 5.78 Å². The quantitative estimate of drug-likeness (QED) is 0.864. The molecule has 2 atom stereocenters. The Hall–Kier alpha value is -3.21. The van der Waals surface area contributed by atoms with Gasteiger partial charge in [0.05, 0.1) is 5.92 Å². The van der Waals surface area contributed by atoms with Crippen molar-refractivity contribution in [3.05, 3.63) is 77.0 Å². The van der Waals surface area contributed by atoms with Gasteiger partial charge < -0.3 is 10.6 Å². The fourth-order valence-corrected chi connectivity index (χ4v) is 4.10. The summed E-state index contributed by atoms with van der Waals surface area (Å²) in [5.41, 5.74) is 3.84. The van der Waals surface area contributed by atoms with Crippen molar-refractivity contribution in [2.75, 3.05) is 5.32 Å². The van der Waals surface area contributed by atoms with Crippen LogP contribution in [0.3, 0.4) is 0 Å². The molecule has 5 heteroatoms. The Bertz CT molecular complexity index is 978. The molecule has 0 spiro atoms. The van der Waals surface area contributed by atoms with Crippen LogP contribution in [0.5, 0.6) is 0 Å². The number of hydrogen-bond acceptors (Lipinski definition) is 3. The van der Waals surface area contributed by atoms with Crippen LogP contribution in [0.15, 0.2) is 65.9 Å². The van der Waals surface area contributed by atoms with E-state index in [1.54, 1.807) is 6.07 Å². The van der Waals surface area contributed by atoms with Crippen molar-refractivity contribution in [1.82, 2.24) is 5.32 Å². The summed E-state index contributed by atoms with van der Waals surface area (Å²) >= 11 is 0. The Balaban J connectivity index is 1.61. The van der Waals surface area contributed by atoms with Gasteiger partial charge in [0, 0.05) is 29.8 Å². The molecule has 0 radical (unpaired) electrons. The molecule has 2 aromatic rings. The molecule has 0 fully saturated rings. The number of allylic oxidation sites excluding steroid dienone is 1. The Morgan fingerprint density at radius 1 is 1.00 bits per heavy atom. The van der Waals surface area contributed by atoms with E-state index in [0.717, 1.165) is 11.1 Å². The van der Waals surface area contributed by atoms with Crippen molar-refractivity contribution in [2.45, 2.75) is 32.1 Å². The van der Waals surface area contributed by atoms with Gasteiger partial charge in [-0.2, -0.15) is 0 Å². The van der Waals surface area contributed by atoms with E-state index in [4.69, 9.17) is 0 Å². The van der Waals surface area contributed by atoms with E-state index in [-0.39, 0.29) is 29.9 Å². The van der Waals surface area contributed by atoms with Gasteiger partial charge in [-0.3, -0.25) is 14.4 Å². The van der Waals surface area contributed by atoms with Gasteiger partial charge in [0.2, 0.25) is 11.8 Å². The first-order valence-electron chi connectivity index (χ1n) is 9.50. The molecular formula is C23H22N2O3. The lowest BCUT2D eigenvalue weighted by Gasteiger charge is -2.33. The zero-order valence-electron chi connectivity index (χ0n) is 15.7. The van der Waals surface area contributed by atoms with Gasteiger partial charge in [0.25, 0.3) is 0 Å². The number of ketones is 1. The fourth-order valence-electron chi connectivity index (χ4n) is 4.10. The molecule has 1 heterocycles. The smallest absolute Gasteiger partial charge is 0.232 e. The standard InChI is InChI=1S/C23H22N2O3/c1-14-6-5-9-17(10-14)24-23(28)18-13-21(27)25-19-11-16(12-20(26)22(18)19)15-7-3-2-4-8-15/h2-10,16,18H,11-13H2,1H3,(H,24,28)(H,25,27)/t16-,18-/m0/s1. The van der Waals surface area contributed by atoms with Crippen molar-refractivity contribution in [2.24, 2.45) is 5.92 Å². The van der Waals surface area contributed by atoms with Crippen LogP contribution in [0.2, 0.25) is 0 Å². The number of anilines is 1. The Morgan fingerprint density at radius 3 is 2.54 bits per heavy atom. The molecule has 0 saturated heterocycles. The van der Waals surface area contributed by atoms with E-state index in [1.807, 2.05) is 55.5 Å². The van der Waals surface area contributed by atoms with Gasteiger partial charge in [0.1, 0.15) is 0 Å². The average Bonchev–Trinajstić information content (AvgIpc) is 2.67. The highest BCUT2D eigenvalue weighted by Crippen LogP contribution is 2.39. The summed E-state index contributed by atoms with van der Waals surface area (Å²) in [5, 5.41) is 5.71. The maximum atomic E-state index is 13.0. The number of amides is 2. The van der Waals surface area contributed by atoms with E-state index in [0.29, 0.717) is 29.8 Å². The summed E-state index contributed by atoms with van der Waals surface area (Å²) in [6, 6.07) is 17.3. The van der Waals surface area contributed by atoms with Gasteiger partial charge in [-0.05, 0) is 42.5 Å². The highest BCUT2D eigenvalue weighted by atomic mass is 16.2. The molecule has 28 heavy (non-hydrogen) atoms. The monoisotopic (exact) mass is 374 g/mol. The summed E-state index contributed by atoms with van der Waals surface area (Å²) in [6.07, 6.45) is 0.913. The normalized spacial score (nSPS) is 21.8.